The van der Waals surface area contributed by atoms with Gasteiger partial charge in [0, 0.05) is 26.0 Å². The van der Waals surface area contributed by atoms with Crippen molar-refractivity contribution < 1.29 is 9.90 Å². The third-order valence-electron chi connectivity index (χ3n) is 3.42. The molecule has 1 aromatic rings. The van der Waals surface area contributed by atoms with Crippen molar-refractivity contribution in [3.05, 3.63) is 22.7 Å². The summed E-state index contributed by atoms with van der Waals surface area (Å²) in [7, 11) is 1.62. The number of hydrogen-bond acceptors (Lipinski definition) is 4. The molecule has 0 aliphatic heterocycles. The fraction of sp³-hybridized carbons (Fsp3) is 0.583. The molecule has 1 aromatic heterocycles. The van der Waals surface area contributed by atoms with Crippen LogP contribution in [0.5, 0.6) is 0 Å². The molecule has 0 fully saturated rings. The first-order valence-corrected chi connectivity index (χ1v) is 5.95. The van der Waals surface area contributed by atoms with Crippen LogP contribution in [0.2, 0.25) is 0 Å². The Morgan fingerprint density at radius 3 is 2.61 bits per heavy atom. The van der Waals surface area contributed by atoms with Crippen LogP contribution in [-0.2, 0) is 11.8 Å². The Morgan fingerprint density at radius 2 is 2.11 bits per heavy atom. The van der Waals surface area contributed by atoms with E-state index in [0.29, 0.717) is 12.8 Å². The molecule has 0 aromatic carbocycles. The van der Waals surface area contributed by atoms with Crippen LogP contribution in [0.1, 0.15) is 26.7 Å². The predicted molar refractivity (Wildman–Crippen MR) is 68.6 cm³/mol. The summed E-state index contributed by atoms with van der Waals surface area (Å²) in [5.41, 5.74) is -1.12. The molecule has 0 unspecified atom stereocenters. The number of carboxylic acids is 1. The van der Waals surface area contributed by atoms with Crippen LogP contribution in [0.3, 0.4) is 0 Å². The van der Waals surface area contributed by atoms with Crippen LogP contribution in [0.15, 0.2) is 17.2 Å². The van der Waals surface area contributed by atoms with E-state index in [4.69, 9.17) is 0 Å². The molecule has 0 spiro atoms. The van der Waals surface area contributed by atoms with Crippen molar-refractivity contribution in [1.82, 2.24) is 9.55 Å². The Bertz CT molecular complexity index is 478. The van der Waals surface area contributed by atoms with E-state index in [1.165, 1.54) is 10.8 Å². The smallest absolute Gasteiger partial charge is 0.311 e. The van der Waals surface area contributed by atoms with Crippen molar-refractivity contribution in [3.63, 3.8) is 0 Å². The zero-order chi connectivity index (χ0) is 13.8. The minimum absolute atomic E-state index is 0.188. The van der Waals surface area contributed by atoms with E-state index < -0.39 is 11.4 Å². The van der Waals surface area contributed by atoms with Gasteiger partial charge in [-0.25, -0.2) is 4.98 Å². The Balaban J connectivity index is 2.89. The van der Waals surface area contributed by atoms with Crippen LogP contribution in [0, 0.1) is 5.41 Å². The first kappa shape index (κ1) is 14.2. The lowest BCUT2D eigenvalue weighted by Crippen LogP contribution is -2.38. The van der Waals surface area contributed by atoms with Crippen LogP contribution in [0.25, 0.3) is 0 Å². The molecule has 0 amide bonds. The highest BCUT2D eigenvalue weighted by molar-refractivity contribution is 5.75. The third kappa shape index (κ3) is 2.69. The fourth-order valence-corrected chi connectivity index (χ4v) is 1.75. The first-order chi connectivity index (χ1) is 8.46. The average Bonchev–Trinajstić information content (AvgIpc) is 2.35. The molecule has 6 heteroatoms. The molecule has 1 rings (SSSR count). The molecule has 0 bridgehead atoms. The van der Waals surface area contributed by atoms with E-state index in [0.717, 1.165) is 0 Å². The average molecular weight is 253 g/mol. The molecular formula is C12H19N3O3. The van der Waals surface area contributed by atoms with Gasteiger partial charge in [-0.15, -0.1) is 0 Å². The van der Waals surface area contributed by atoms with E-state index >= 15 is 0 Å². The van der Waals surface area contributed by atoms with Crippen molar-refractivity contribution in [3.8, 4) is 0 Å². The Kier molecular flexibility index (Phi) is 4.47. The summed E-state index contributed by atoms with van der Waals surface area (Å²) >= 11 is 0. The molecule has 0 saturated carbocycles. The fourth-order valence-electron chi connectivity index (χ4n) is 1.75. The summed E-state index contributed by atoms with van der Waals surface area (Å²) in [6, 6.07) is 0. The van der Waals surface area contributed by atoms with E-state index in [9.17, 15) is 14.7 Å². The molecule has 0 radical (unpaired) electrons. The third-order valence-corrected chi connectivity index (χ3v) is 3.42. The van der Waals surface area contributed by atoms with Crippen molar-refractivity contribution in [2.24, 2.45) is 12.5 Å². The zero-order valence-electron chi connectivity index (χ0n) is 10.9. The highest BCUT2D eigenvalue weighted by Gasteiger charge is 2.34. The van der Waals surface area contributed by atoms with Crippen molar-refractivity contribution in [2.45, 2.75) is 26.7 Å². The number of rotatable bonds is 6. The summed E-state index contributed by atoms with van der Waals surface area (Å²) in [5.74, 6) is -0.666. The van der Waals surface area contributed by atoms with Crippen molar-refractivity contribution in [2.75, 3.05) is 11.9 Å². The topological polar surface area (TPSA) is 84.2 Å². The van der Waals surface area contributed by atoms with Crippen molar-refractivity contribution in [1.29, 1.82) is 0 Å². The highest BCUT2D eigenvalue weighted by atomic mass is 16.4. The Hall–Kier alpha value is -1.85. The van der Waals surface area contributed by atoms with Gasteiger partial charge in [0.25, 0.3) is 5.56 Å². The molecule has 0 aliphatic carbocycles. The van der Waals surface area contributed by atoms with E-state index in [2.05, 4.69) is 10.3 Å². The number of aryl methyl sites for hydroxylation is 1. The molecule has 1 heterocycles. The molecule has 0 atom stereocenters. The lowest BCUT2D eigenvalue weighted by atomic mass is 9.82. The monoisotopic (exact) mass is 253 g/mol. The SMILES string of the molecule is CCC(CC)(CNc1nccn(C)c1=O)C(=O)O. The maximum Gasteiger partial charge on any atom is 0.311 e. The van der Waals surface area contributed by atoms with E-state index in [1.54, 1.807) is 13.2 Å². The molecule has 0 saturated heterocycles. The molecule has 100 valence electrons. The number of aromatic nitrogens is 2. The second-order valence-electron chi connectivity index (χ2n) is 4.34. The number of aliphatic carboxylic acids is 1. The second-order valence-corrected chi connectivity index (χ2v) is 4.34. The van der Waals surface area contributed by atoms with Gasteiger partial charge in [0.05, 0.1) is 5.41 Å². The normalized spacial score (nSPS) is 11.3. The summed E-state index contributed by atoms with van der Waals surface area (Å²) in [6.07, 6.45) is 4.06. The number of carbonyl (C=O) groups is 1. The summed E-state index contributed by atoms with van der Waals surface area (Å²) in [6.45, 7) is 3.85. The van der Waals surface area contributed by atoms with Gasteiger partial charge in [-0.3, -0.25) is 9.59 Å². The molecule has 18 heavy (non-hydrogen) atoms. The van der Waals surface area contributed by atoms with Gasteiger partial charge in [0.1, 0.15) is 0 Å². The van der Waals surface area contributed by atoms with Gasteiger partial charge in [-0.2, -0.15) is 0 Å². The van der Waals surface area contributed by atoms with Gasteiger partial charge in [0.15, 0.2) is 5.82 Å². The van der Waals surface area contributed by atoms with E-state index in [1.807, 2.05) is 13.8 Å². The molecular weight excluding hydrogens is 234 g/mol. The lowest BCUT2D eigenvalue weighted by Gasteiger charge is -2.26. The Labute approximate surface area is 106 Å². The second kappa shape index (κ2) is 5.66. The quantitative estimate of drug-likeness (QED) is 0.792. The largest absolute Gasteiger partial charge is 0.481 e. The maximum atomic E-state index is 11.7. The minimum atomic E-state index is -0.859. The maximum absolute atomic E-state index is 11.7. The predicted octanol–water partition coefficient (Wildman–Crippen LogP) is 1.08. The lowest BCUT2D eigenvalue weighted by molar-refractivity contribution is -0.148. The van der Waals surface area contributed by atoms with Crippen molar-refractivity contribution >= 4 is 11.8 Å². The Morgan fingerprint density at radius 1 is 1.50 bits per heavy atom. The number of carboxylic acid groups (broad SMARTS) is 1. The van der Waals surface area contributed by atoms with Crippen LogP contribution >= 0.6 is 0 Å². The summed E-state index contributed by atoms with van der Waals surface area (Å²) in [4.78, 5) is 27.0. The number of nitrogens with one attached hydrogen (secondary N) is 1. The standard InChI is InChI=1S/C12H19N3O3/c1-4-12(5-2,11(17)18)8-14-9-10(16)15(3)7-6-13-9/h6-7H,4-5,8H2,1-3H3,(H,13,14)(H,17,18). The van der Waals surface area contributed by atoms with Crippen LogP contribution < -0.4 is 10.9 Å². The summed E-state index contributed by atoms with van der Waals surface area (Å²) in [5, 5.41) is 12.1. The number of nitrogens with zero attached hydrogens (tertiary/aromatic N) is 2. The van der Waals surface area contributed by atoms with Gasteiger partial charge in [-0.05, 0) is 12.8 Å². The van der Waals surface area contributed by atoms with Gasteiger partial charge >= 0.3 is 5.97 Å². The highest BCUT2D eigenvalue weighted by Crippen LogP contribution is 2.26. The van der Waals surface area contributed by atoms with E-state index in [-0.39, 0.29) is 17.9 Å². The zero-order valence-corrected chi connectivity index (χ0v) is 10.9. The summed E-state index contributed by atoms with van der Waals surface area (Å²) < 4.78 is 1.40. The molecule has 0 aliphatic rings. The van der Waals surface area contributed by atoms with Crippen LogP contribution in [0.4, 0.5) is 5.82 Å². The van der Waals surface area contributed by atoms with Gasteiger partial charge in [0.2, 0.25) is 0 Å². The number of hydrogen-bond donors (Lipinski definition) is 2. The number of anilines is 1. The van der Waals surface area contributed by atoms with Gasteiger partial charge < -0.3 is 15.0 Å². The van der Waals surface area contributed by atoms with Crippen LogP contribution in [-0.4, -0.2) is 27.2 Å². The molecule has 2 N–H and O–H groups in total. The van der Waals surface area contributed by atoms with Gasteiger partial charge in [-0.1, -0.05) is 13.8 Å². The first-order valence-electron chi connectivity index (χ1n) is 5.95. The molecule has 6 nitrogen and oxygen atoms in total. The minimum Gasteiger partial charge on any atom is -0.481 e.